The van der Waals surface area contributed by atoms with Crippen LogP contribution in [0.2, 0.25) is 0 Å². The van der Waals surface area contributed by atoms with Gasteiger partial charge in [-0.2, -0.15) is 0 Å². The maximum absolute atomic E-state index is 12.7. The summed E-state index contributed by atoms with van der Waals surface area (Å²) in [6.07, 6.45) is 11.6. The first-order chi connectivity index (χ1) is 11.6. The third-order valence-corrected chi connectivity index (χ3v) is 9.46. The van der Waals surface area contributed by atoms with Gasteiger partial charge < -0.3 is 0 Å². The number of ketones is 2. The molecular formula is C23H32O2. The molecule has 0 saturated heterocycles. The van der Waals surface area contributed by atoms with Crippen molar-refractivity contribution in [3.8, 4) is 0 Å². The minimum Gasteiger partial charge on any atom is -0.299 e. The maximum atomic E-state index is 12.7. The minimum atomic E-state index is -0.183. The van der Waals surface area contributed by atoms with Gasteiger partial charge in [0.2, 0.25) is 0 Å². The topological polar surface area (TPSA) is 34.1 Å². The van der Waals surface area contributed by atoms with Crippen LogP contribution in [0.5, 0.6) is 0 Å². The van der Waals surface area contributed by atoms with Crippen molar-refractivity contribution < 1.29 is 9.59 Å². The Labute approximate surface area is 152 Å². The first-order valence-corrected chi connectivity index (χ1v) is 10.1. The van der Waals surface area contributed by atoms with Crippen molar-refractivity contribution in [3.63, 3.8) is 0 Å². The first kappa shape index (κ1) is 17.2. The molecule has 0 aromatic rings. The number of carbonyl (C=O) groups excluding carboxylic acids is 2. The van der Waals surface area contributed by atoms with Gasteiger partial charge in [0, 0.05) is 10.8 Å². The summed E-state index contributed by atoms with van der Waals surface area (Å²) in [5, 5.41) is 0. The molecule has 0 bridgehead atoms. The van der Waals surface area contributed by atoms with Crippen molar-refractivity contribution in [2.24, 2.45) is 39.9 Å². The monoisotopic (exact) mass is 340 g/mol. The van der Waals surface area contributed by atoms with Crippen molar-refractivity contribution in [1.29, 1.82) is 0 Å². The van der Waals surface area contributed by atoms with Crippen LogP contribution in [-0.2, 0) is 9.59 Å². The molecule has 0 aliphatic heterocycles. The average Bonchev–Trinajstić information content (AvgIpc) is 2.77. The predicted octanol–water partition coefficient (Wildman–Crippen LogP) is 5.14. The van der Waals surface area contributed by atoms with Crippen LogP contribution in [0, 0.1) is 39.9 Å². The van der Waals surface area contributed by atoms with E-state index in [0.717, 1.165) is 12.8 Å². The third kappa shape index (κ3) is 1.97. The number of rotatable bonds is 1. The van der Waals surface area contributed by atoms with E-state index in [-0.39, 0.29) is 22.0 Å². The van der Waals surface area contributed by atoms with E-state index in [9.17, 15) is 9.59 Å². The Kier molecular flexibility index (Phi) is 3.57. The summed E-state index contributed by atoms with van der Waals surface area (Å²) in [6.45, 7) is 11.1. The molecule has 0 amide bonds. The molecule has 2 nitrogen and oxygen atoms in total. The molecule has 136 valence electrons. The van der Waals surface area contributed by atoms with Gasteiger partial charge in [-0.25, -0.2) is 0 Å². The number of hydrogen-bond donors (Lipinski definition) is 0. The highest BCUT2D eigenvalue weighted by atomic mass is 16.1. The molecule has 0 N–H and O–H groups in total. The molecule has 4 aliphatic rings. The van der Waals surface area contributed by atoms with Gasteiger partial charge in [0.15, 0.2) is 5.78 Å². The van der Waals surface area contributed by atoms with Crippen LogP contribution in [0.25, 0.3) is 0 Å². The Morgan fingerprint density at radius 1 is 1.16 bits per heavy atom. The number of allylic oxidation sites excluding steroid dienone is 4. The standard InChI is InChI=1S/C23H32O2/c1-14-12-20-18-7-6-16-13-17(25)8-10-21(16,3)19(18)9-11-22(20,4)23(14,5)15(2)24/h8,10,13-14,18-20H,6-7,9,11-12H2,1-5H3/t14-,18-,19+,20-,21+,22+,23-/m0/s1. The molecule has 0 aromatic heterocycles. The van der Waals surface area contributed by atoms with Crippen molar-refractivity contribution in [2.75, 3.05) is 0 Å². The second-order valence-electron chi connectivity index (χ2n) is 9.95. The highest BCUT2D eigenvalue weighted by molar-refractivity contribution is 6.01. The second kappa shape index (κ2) is 5.18. The van der Waals surface area contributed by atoms with Gasteiger partial charge in [-0.05, 0) is 80.3 Å². The quantitative estimate of drug-likeness (QED) is 0.662. The van der Waals surface area contributed by atoms with Crippen LogP contribution in [0.15, 0.2) is 23.8 Å². The van der Waals surface area contributed by atoms with E-state index >= 15 is 0 Å². The normalized spacial score (nSPS) is 51.4. The molecule has 2 heteroatoms. The summed E-state index contributed by atoms with van der Waals surface area (Å²) in [6, 6.07) is 0. The second-order valence-corrected chi connectivity index (χ2v) is 9.95. The van der Waals surface area contributed by atoms with E-state index in [2.05, 4.69) is 33.8 Å². The van der Waals surface area contributed by atoms with Crippen LogP contribution >= 0.6 is 0 Å². The molecule has 0 aromatic carbocycles. The summed E-state index contributed by atoms with van der Waals surface area (Å²) >= 11 is 0. The van der Waals surface area contributed by atoms with Gasteiger partial charge >= 0.3 is 0 Å². The van der Waals surface area contributed by atoms with Crippen LogP contribution < -0.4 is 0 Å². The van der Waals surface area contributed by atoms with Crippen molar-refractivity contribution in [3.05, 3.63) is 23.8 Å². The molecule has 4 aliphatic carbocycles. The van der Waals surface area contributed by atoms with Crippen molar-refractivity contribution >= 4 is 11.6 Å². The van der Waals surface area contributed by atoms with Gasteiger partial charge in [0.1, 0.15) is 5.78 Å². The van der Waals surface area contributed by atoms with Crippen molar-refractivity contribution in [2.45, 2.75) is 66.7 Å². The number of Topliss-reactive ketones (excluding diaryl/α,β-unsaturated/α-hetero) is 1. The average molecular weight is 341 g/mol. The fourth-order valence-corrected chi connectivity index (χ4v) is 7.53. The van der Waals surface area contributed by atoms with Gasteiger partial charge in [-0.15, -0.1) is 0 Å². The summed E-state index contributed by atoms with van der Waals surface area (Å²) in [5.74, 6) is 2.95. The van der Waals surface area contributed by atoms with Gasteiger partial charge in [-0.1, -0.05) is 39.3 Å². The smallest absolute Gasteiger partial charge is 0.178 e. The van der Waals surface area contributed by atoms with Crippen LogP contribution in [0.4, 0.5) is 0 Å². The van der Waals surface area contributed by atoms with Crippen LogP contribution in [-0.4, -0.2) is 11.6 Å². The molecule has 3 saturated carbocycles. The largest absolute Gasteiger partial charge is 0.299 e. The Balaban J connectivity index is 1.74. The summed E-state index contributed by atoms with van der Waals surface area (Å²) in [5.41, 5.74) is 1.35. The molecule has 0 unspecified atom stereocenters. The molecule has 3 fully saturated rings. The lowest BCUT2D eigenvalue weighted by atomic mass is 9.45. The summed E-state index contributed by atoms with van der Waals surface area (Å²) in [7, 11) is 0. The highest BCUT2D eigenvalue weighted by Gasteiger charge is 2.66. The fourth-order valence-electron chi connectivity index (χ4n) is 7.53. The van der Waals surface area contributed by atoms with E-state index in [0.29, 0.717) is 29.5 Å². The molecule has 0 radical (unpaired) electrons. The molecule has 25 heavy (non-hydrogen) atoms. The van der Waals surface area contributed by atoms with Crippen LogP contribution in [0.1, 0.15) is 66.7 Å². The lowest BCUT2D eigenvalue weighted by Crippen LogP contribution is -2.53. The van der Waals surface area contributed by atoms with Crippen molar-refractivity contribution in [1.82, 2.24) is 0 Å². The third-order valence-electron chi connectivity index (χ3n) is 9.46. The number of carbonyl (C=O) groups is 2. The Morgan fingerprint density at radius 3 is 2.56 bits per heavy atom. The van der Waals surface area contributed by atoms with E-state index in [1.807, 2.05) is 13.0 Å². The molecule has 0 spiro atoms. The Hall–Kier alpha value is -1.18. The lowest BCUT2D eigenvalue weighted by molar-refractivity contribution is -0.140. The highest BCUT2D eigenvalue weighted by Crippen LogP contribution is 2.70. The van der Waals surface area contributed by atoms with Gasteiger partial charge in [-0.3, -0.25) is 9.59 Å². The minimum absolute atomic E-state index is 0.0522. The van der Waals surface area contributed by atoms with Crippen LogP contribution in [0.3, 0.4) is 0 Å². The molecule has 0 heterocycles. The number of fused-ring (bicyclic) bond motifs is 5. The Morgan fingerprint density at radius 2 is 1.88 bits per heavy atom. The first-order valence-electron chi connectivity index (χ1n) is 10.1. The molecule has 7 atom stereocenters. The summed E-state index contributed by atoms with van der Waals surface area (Å²) in [4.78, 5) is 24.5. The van der Waals surface area contributed by atoms with Gasteiger partial charge in [0.05, 0.1) is 0 Å². The van der Waals surface area contributed by atoms with E-state index < -0.39 is 0 Å². The van der Waals surface area contributed by atoms with E-state index in [1.54, 1.807) is 6.08 Å². The van der Waals surface area contributed by atoms with Gasteiger partial charge in [0.25, 0.3) is 0 Å². The van der Waals surface area contributed by atoms with E-state index in [1.165, 1.54) is 24.8 Å². The maximum Gasteiger partial charge on any atom is 0.178 e. The lowest BCUT2D eigenvalue weighted by Gasteiger charge is -2.58. The summed E-state index contributed by atoms with van der Waals surface area (Å²) < 4.78 is 0. The fraction of sp³-hybridized carbons (Fsp3) is 0.739. The predicted molar refractivity (Wildman–Crippen MR) is 100.0 cm³/mol. The zero-order valence-corrected chi connectivity index (χ0v) is 16.4. The Bertz CT molecular complexity index is 701. The molecular weight excluding hydrogens is 308 g/mol. The number of hydrogen-bond acceptors (Lipinski definition) is 2. The zero-order chi connectivity index (χ0) is 18.2. The SMILES string of the molecule is CC(=O)[C@]1(C)[C@@H](C)C[C@H]2[C@H]3CCC4=CC(=O)C=C[C@@]4(C)[C@@H]3CC[C@]21C. The zero-order valence-electron chi connectivity index (χ0n) is 16.4. The van der Waals surface area contributed by atoms with E-state index in [4.69, 9.17) is 0 Å². The molecule has 4 rings (SSSR count).